The molecular formula is C19H25N5O2. The zero-order valence-electron chi connectivity index (χ0n) is 15.3. The van der Waals surface area contributed by atoms with E-state index in [1.165, 1.54) is 0 Å². The van der Waals surface area contributed by atoms with Crippen molar-refractivity contribution in [2.75, 3.05) is 13.1 Å². The molecule has 1 saturated heterocycles. The number of rotatable bonds is 5. The quantitative estimate of drug-likeness (QED) is 0.887. The molecular weight excluding hydrogens is 330 g/mol. The van der Waals surface area contributed by atoms with Gasteiger partial charge in [-0.1, -0.05) is 22.9 Å². The van der Waals surface area contributed by atoms with Crippen LogP contribution < -0.4 is 5.73 Å². The zero-order chi connectivity index (χ0) is 18.7. The van der Waals surface area contributed by atoms with Crippen LogP contribution in [0.5, 0.6) is 0 Å². The molecule has 0 aliphatic carbocycles. The first-order valence-corrected chi connectivity index (χ1v) is 9.02. The molecule has 7 nitrogen and oxygen atoms in total. The van der Waals surface area contributed by atoms with Crippen molar-refractivity contribution in [3.8, 4) is 5.69 Å². The van der Waals surface area contributed by atoms with Crippen LogP contribution in [0.4, 0.5) is 0 Å². The maximum absolute atomic E-state index is 12.9. The molecule has 1 aromatic heterocycles. The highest BCUT2D eigenvalue weighted by Crippen LogP contribution is 2.23. The molecule has 0 spiro atoms. The number of nitrogens with zero attached hydrogens (tertiary/aromatic N) is 4. The summed E-state index contributed by atoms with van der Waals surface area (Å²) in [6, 6.07) is 7.94. The van der Waals surface area contributed by atoms with E-state index in [1.54, 1.807) is 4.68 Å². The van der Waals surface area contributed by atoms with Crippen LogP contribution in [-0.4, -0.2) is 44.8 Å². The molecule has 0 bridgehead atoms. The molecule has 2 N–H and O–H groups in total. The largest absolute Gasteiger partial charge is 0.370 e. The first-order chi connectivity index (χ1) is 12.5. The van der Waals surface area contributed by atoms with Crippen LogP contribution in [0.2, 0.25) is 0 Å². The summed E-state index contributed by atoms with van der Waals surface area (Å²) in [4.78, 5) is 25.7. The first-order valence-electron chi connectivity index (χ1n) is 9.02. The Morgan fingerprint density at radius 3 is 2.65 bits per heavy atom. The molecule has 138 valence electrons. The fourth-order valence-electron chi connectivity index (χ4n) is 3.44. The molecule has 2 heterocycles. The van der Waals surface area contributed by atoms with Gasteiger partial charge in [-0.2, -0.15) is 0 Å². The molecule has 3 rings (SSSR count). The molecule has 26 heavy (non-hydrogen) atoms. The summed E-state index contributed by atoms with van der Waals surface area (Å²) in [6.45, 7) is 5.24. The minimum Gasteiger partial charge on any atom is -0.370 e. The van der Waals surface area contributed by atoms with Gasteiger partial charge in [0.05, 0.1) is 11.4 Å². The predicted molar refractivity (Wildman–Crippen MR) is 97.9 cm³/mol. The van der Waals surface area contributed by atoms with Gasteiger partial charge in [0.15, 0.2) is 5.69 Å². The molecule has 2 aromatic rings. The van der Waals surface area contributed by atoms with E-state index < -0.39 is 0 Å². The third kappa shape index (κ3) is 3.92. The lowest BCUT2D eigenvalue weighted by Crippen LogP contribution is -2.40. The van der Waals surface area contributed by atoms with Crippen LogP contribution in [-0.2, 0) is 4.79 Å². The lowest BCUT2D eigenvalue weighted by atomic mass is 9.93. The number of nitrogens with two attached hydrogens (primary N) is 1. The Kier molecular flexibility index (Phi) is 5.35. The lowest BCUT2D eigenvalue weighted by molar-refractivity contribution is -0.118. The minimum absolute atomic E-state index is 0.0929. The molecule has 1 fully saturated rings. The fourth-order valence-corrected chi connectivity index (χ4v) is 3.44. The van der Waals surface area contributed by atoms with E-state index in [0.29, 0.717) is 31.1 Å². The Hall–Kier alpha value is -2.70. The normalized spacial score (nSPS) is 17.3. The molecule has 1 aliphatic rings. The molecule has 0 saturated carbocycles. The summed E-state index contributed by atoms with van der Waals surface area (Å²) in [7, 11) is 0. The smallest absolute Gasteiger partial charge is 0.276 e. The van der Waals surface area contributed by atoms with E-state index in [0.717, 1.165) is 36.2 Å². The van der Waals surface area contributed by atoms with Crippen molar-refractivity contribution < 1.29 is 9.59 Å². The highest BCUT2D eigenvalue weighted by Gasteiger charge is 2.28. The molecule has 1 unspecified atom stereocenters. The van der Waals surface area contributed by atoms with Crippen molar-refractivity contribution in [2.24, 2.45) is 11.7 Å². The van der Waals surface area contributed by atoms with E-state index in [1.807, 2.05) is 43.0 Å². The van der Waals surface area contributed by atoms with E-state index in [2.05, 4.69) is 10.3 Å². The first kappa shape index (κ1) is 18.1. The number of likely N-dealkylation sites (tertiary alicyclic amines) is 1. The minimum atomic E-state index is -0.287. The summed E-state index contributed by atoms with van der Waals surface area (Å²) < 4.78 is 1.70. The SMILES string of the molecule is Cc1ccc(-n2nnc(C(=O)N3CCCC(CCC(N)=O)C3)c2C)cc1. The summed E-state index contributed by atoms with van der Waals surface area (Å²) >= 11 is 0. The van der Waals surface area contributed by atoms with Crippen LogP contribution in [0.3, 0.4) is 0 Å². The van der Waals surface area contributed by atoms with Gasteiger partial charge in [-0.05, 0) is 51.2 Å². The average molecular weight is 355 g/mol. The van der Waals surface area contributed by atoms with Gasteiger partial charge in [-0.3, -0.25) is 9.59 Å². The Morgan fingerprint density at radius 1 is 1.23 bits per heavy atom. The number of amides is 2. The van der Waals surface area contributed by atoms with Gasteiger partial charge in [0, 0.05) is 19.5 Å². The second-order valence-corrected chi connectivity index (χ2v) is 7.04. The third-order valence-electron chi connectivity index (χ3n) is 4.98. The number of aryl methyl sites for hydroxylation is 1. The van der Waals surface area contributed by atoms with Gasteiger partial charge in [0.1, 0.15) is 0 Å². The van der Waals surface area contributed by atoms with Crippen molar-refractivity contribution in [2.45, 2.75) is 39.5 Å². The van der Waals surface area contributed by atoms with Crippen LogP contribution in [0.15, 0.2) is 24.3 Å². The van der Waals surface area contributed by atoms with Gasteiger partial charge < -0.3 is 10.6 Å². The van der Waals surface area contributed by atoms with E-state index in [9.17, 15) is 9.59 Å². The number of carbonyl (C=O) groups excluding carboxylic acids is 2. The number of carbonyl (C=O) groups is 2. The fraction of sp³-hybridized carbons (Fsp3) is 0.474. The van der Waals surface area contributed by atoms with Crippen LogP contribution in [0.1, 0.15) is 47.4 Å². The Balaban J connectivity index is 1.73. The second-order valence-electron chi connectivity index (χ2n) is 7.04. The average Bonchev–Trinajstić information content (AvgIpc) is 3.02. The molecule has 2 amide bonds. The Labute approximate surface area is 153 Å². The van der Waals surface area contributed by atoms with E-state index in [-0.39, 0.29) is 11.8 Å². The molecule has 7 heteroatoms. The number of aromatic nitrogens is 3. The molecule has 1 aliphatic heterocycles. The summed E-state index contributed by atoms with van der Waals surface area (Å²) in [5.41, 5.74) is 8.42. The van der Waals surface area contributed by atoms with Gasteiger partial charge in [0.25, 0.3) is 5.91 Å². The summed E-state index contributed by atoms with van der Waals surface area (Å²) in [6.07, 6.45) is 3.05. The molecule has 1 aromatic carbocycles. The van der Waals surface area contributed by atoms with E-state index in [4.69, 9.17) is 5.73 Å². The standard InChI is InChI=1S/C19H25N5O2/c1-13-5-8-16(9-6-13)24-14(2)18(21-22-24)19(26)23-11-3-4-15(12-23)7-10-17(20)25/h5-6,8-9,15H,3-4,7,10-12H2,1-2H3,(H2,20,25). The number of primary amides is 1. The van der Waals surface area contributed by atoms with Gasteiger partial charge in [-0.15, -0.1) is 5.10 Å². The van der Waals surface area contributed by atoms with Crippen molar-refractivity contribution in [3.05, 3.63) is 41.2 Å². The van der Waals surface area contributed by atoms with Crippen LogP contribution in [0, 0.1) is 19.8 Å². The number of piperidine rings is 1. The van der Waals surface area contributed by atoms with E-state index >= 15 is 0 Å². The highest BCUT2D eigenvalue weighted by atomic mass is 16.2. The Bertz CT molecular complexity index is 797. The lowest BCUT2D eigenvalue weighted by Gasteiger charge is -2.32. The van der Waals surface area contributed by atoms with Crippen molar-refractivity contribution in [3.63, 3.8) is 0 Å². The number of hydrogen-bond acceptors (Lipinski definition) is 4. The van der Waals surface area contributed by atoms with Crippen LogP contribution in [0.25, 0.3) is 5.69 Å². The van der Waals surface area contributed by atoms with Crippen LogP contribution >= 0.6 is 0 Å². The topological polar surface area (TPSA) is 94.1 Å². The predicted octanol–water partition coefficient (Wildman–Crippen LogP) is 2.00. The number of benzene rings is 1. The third-order valence-corrected chi connectivity index (χ3v) is 4.98. The maximum Gasteiger partial charge on any atom is 0.276 e. The molecule has 1 atom stereocenters. The highest BCUT2D eigenvalue weighted by molar-refractivity contribution is 5.93. The summed E-state index contributed by atoms with van der Waals surface area (Å²) in [5, 5.41) is 8.30. The Morgan fingerprint density at radius 2 is 1.96 bits per heavy atom. The van der Waals surface area contributed by atoms with Crippen molar-refractivity contribution >= 4 is 11.8 Å². The van der Waals surface area contributed by atoms with Gasteiger partial charge in [-0.25, -0.2) is 4.68 Å². The molecule has 0 radical (unpaired) electrons. The second kappa shape index (κ2) is 7.68. The van der Waals surface area contributed by atoms with Gasteiger partial charge >= 0.3 is 0 Å². The maximum atomic E-state index is 12.9. The van der Waals surface area contributed by atoms with Gasteiger partial charge in [0.2, 0.25) is 5.91 Å². The van der Waals surface area contributed by atoms with Crippen molar-refractivity contribution in [1.82, 2.24) is 19.9 Å². The monoisotopic (exact) mass is 355 g/mol. The summed E-state index contributed by atoms with van der Waals surface area (Å²) in [5.74, 6) is -0.0670. The zero-order valence-corrected chi connectivity index (χ0v) is 15.3. The van der Waals surface area contributed by atoms with Crippen molar-refractivity contribution in [1.29, 1.82) is 0 Å². The number of hydrogen-bond donors (Lipinski definition) is 1.